The van der Waals surface area contributed by atoms with Crippen molar-refractivity contribution in [1.29, 1.82) is 0 Å². The molecule has 2 aromatic rings. The summed E-state index contributed by atoms with van der Waals surface area (Å²) in [6.45, 7) is 8.10. The first-order chi connectivity index (χ1) is 10.3. The topological polar surface area (TPSA) is 50.3 Å². The smallest absolute Gasteiger partial charge is 0.133 e. The van der Waals surface area contributed by atoms with Gasteiger partial charge in [-0.15, -0.1) is 0 Å². The summed E-state index contributed by atoms with van der Waals surface area (Å²) in [5, 5.41) is 3.21. The van der Waals surface area contributed by atoms with Gasteiger partial charge >= 0.3 is 0 Å². The average molecular weight is 286 g/mol. The molecule has 0 atom stereocenters. The van der Waals surface area contributed by atoms with Crippen molar-refractivity contribution in [3.63, 3.8) is 0 Å². The fourth-order valence-electron chi connectivity index (χ4n) is 1.98. The standard InChI is InChI=1S/C16H22N4O/c1-3-20(4-2)11-12-21-15-7-5-14(6-8-15)19-16-9-10-17-13-18-16/h5-10,13H,3-4,11-12H2,1-2H3,(H,17,18,19). The van der Waals surface area contributed by atoms with Crippen molar-refractivity contribution in [2.45, 2.75) is 13.8 Å². The van der Waals surface area contributed by atoms with E-state index >= 15 is 0 Å². The van der Waals surface area contributed by atoms with Crippen LogP contribution in [0.25, 0.3) is 0 Å². The highest BCUT2D eigenvalue weighted by molar-refractivity contribution is 5.56. The lowest BCUT2D eigenvalue weighted by atomic mass is 10.3. The van der Waals surface area contributed by atoms with Crippen molar-refractivity contribution in [3.05, 3.63) is 42.9 Å². The maximum atomic E-state index is 5.75. The highest BCUT2D eigenvalue weighted by atomic mass is 16.5. The molecule has 0 aliphatic heterocycles. The molecule has 0 aliphatic carbocycles. The van der Waals surface area contributed by atoms with Gasteiger partial charge in [-0.3, -0.25) is 0 Å². The largest absolute Gasteiger partial charge is 0.492 e. The number of ether oxygens (including phenoxy) is 1. The second-order valence-electron chi connectivity index (χ2n) is 4.62. The maximum absolute atomic E-state index is 5.75. The predicted octanol–water partition coefficient (Wildman–Crippen LogP) is 2.94. The third kappa shape index (κ3) is 5.04. The van der Waals surface area contributed by atoms with Gasteiger partial charge in [0.25, 0.3) is 0 Å². The van der Waals surface area contributed by atoms with Crippen LogP contribution < -0.4 is 10.1 Å². The first kappa shape index (κ1) is 15.3. The van der Waals surface area contributed by atoms with Crippen LogP contribution in [0, 0.1) is 0 Å². The number of benzene rings is 1. The molecule has 0 amide bonds. The number of hydrogen-bond donors (Lipinski definition) is 1. The van der Waals surface area contributed by atoms with Gasteiger partial charge < -0.3 is 15.0 Å². The molecule has 5 nitrogen and oxygen atoms in total. The van der Waals surface area contributed by atoms with E-state index < -0.39 is 0 Å². The van der Waals surface area contributed by atoms with E-state index in [4.69, 9.17) is 4.74 Å². The van der Waals surface area contributed by atoms with Gasteiger partial charge in [0.1, 0.15) is 24.5 Å². The fraction of sp³-hybridized carbons (Fsp3) is 0.375. The van der Waals surface area contributed by atoms with Gasteiger partial charge in [0, 0.05) is 18.4 Å². The predicted molar refractivity (Wildman–Crippen MR) is 85.0 cm³/mol. The van der Waals surface area contributed by atoms with Crippen molar-refractivity contribution >= 4 is 11.5 Å². The first-order valence-electron chi connectivity index (χ1n) is 7.30. The molecular weight excluding hydrogens is 264 g/mol. The number of anilines is 2. The van der Waals surface area contributed by atoms with E-state index in [1.165, 1.54) is 6.33 Å². The normalized spacial score (nSPS) is 10.6. The van der Waals surface area contributed by atoms with Crippen LogP contribution in [-0.4, -0.2) is 41.1 Å². The van der Waals surface area contributed by atoms with E-state index in [2.05, 4.69) is 34.0 Å². The Morgan fingerprint density at radius 3 is 2.48 bits per heavy atom. The van der Waals surface area contributed by atoms with Gasteiger partial charge in [-0.1, -0.05) is 13.8 Å². The lowest BCUT2D eigenvalue weighted by Crippen LogP contribution is -2.27. The van der Waals surface area contributed by atoms with E-state index in [9.17, 15) is 0 Å². The molecule has 0 saturated heterocycles. The van der Waals surface area contributed by atoms with Gasteiger partial charge in [-0.05, 0) is 43.4 Å². The Bertz CT molecular complexity index is 512. The highest BCUT2D eigenvalue weighted by Crippen LogP contribution is 2.18. The summed E-state index contributed by atoms with van der Waals surface area (Å²) in [7, 11) is 0. The van der Waals surface area contributed by atoms with E-state index in [1.54, 1.807) is 6.20 Å². The third-order valence-corrected chi connectivity index (χ3v) is 3.28. The van der Waals surface area contributed by atoms with Crippen molar-refractivity contribution in [2.24, 2.45) is 0 Å². The van der Waals surface area contributed by atoms with Crippen molar-refractivity contribution in [1.82, 2.24) is 14.9 Å². The molecule has 21 heavy (non-hydrogen) atoms. The zero-order valence-electron chi connectivity index (χ0n) is 12.6. The molecule has 5 heteroatoms. The van der Waals surface area contributed by atoms with Crippen molar-refractivity contribution in [2.75, 3.05) is 31.6 Å². The highest BCUT2D eigenvalue weighted by Gasteiger charge is 2.00. The Morgan fingerprint density at radius 1 is 1.10 bits per heavy atom. The molecule has 0 fully saturated rings. The van der Waals surface area contributed by atoms with Gasteiger partial charge in [0.05, 0.1) is 0 Å². The second-order valence-corrected chi connectivity index (χ2v) is 4.62. The summed E-state index contributed by atoms with van der Waals surface area (Å²) in [4.78, 5) is 10.4. The summed E-state index contributed by atoms with van der Waals surface area (Å²) in [6.07, 6.45) is 3.23. The molecule has 0 spiro atoms. The van der Waals surface area contributed by atoms with E-state index in [-0.39, 0.29) is 0 Å². The third-order valence-electron chi connectivity index (χ3n) is 3.28. The van der Waals surface area contributed by atoms with Gasteiger partial charge in [-0.2, -0.15) is 0 Å². The van der Waals surface area contributed by atoms with E-state index in [0.717, 1.165) is 36.9 Å². The van der Waals surface area contributed by atoms with Crippen LogP contribution in [0.5, 0.6) is 5.75 Å². The molecule has 0 bridgehead atoms. The van der Waals surface area contributed by atoms with Gasteiger partial charge in [0.15, 0.2) is 0 Å². The minimum absolute atomic E-state index is 0.709. The van der Waals surface area contributed by atoms with Crippen LogP contribution in [-0.2, 0) is 0 Å². The Morgan fingerprint density at radius 2 is 1.86 bits per heavy atom. The minimum Gasteiger partial charge on any atom is -0.492 e. The molecule has 2 rings (SSSR count). The quantitative estimate of drug-likeness (QED) is 0.808. The van der Waals surface area contributed by atoms with Crippen LogP contribution in [0.2, 0.25) is 0 Å². The van der Waals surface area contributed by atoms with Crippen LogP contribution in [0.15, 0.2) is 42.9 Å². The Kier molecular flexibility index (Phi) is 5.97. The molecule has 1 aromatic heterocycles. The maximum Gasteiger partial charge on any atom is 0.133 e. The number of aromatic nitrogens is 2. The second kappa shape index (κ2) is 8.21. The SMILES string of the molecule is CCN(CC)CCOc1ccc(Nc2ccncn2)cc1. The van der Waals surface area contributed by atoms with Gasteiger partial charge in [0.2, 0.25) is 0 Å². The summed E-state index contributed by atoms with van der Waals surface area (Å²) in [5.74, 6) is 1.66. The van der Waals surface area contributed by atoms with Crippen LogP contribution >= 0.6 is 0 Å². The fourth-order valence-corrected chi connectivity index (χ4v) is 1.98. The Balaban J connectivity index is 1.82. The zero-order valence-corrected chi connectivity index (χ0v) is 12.6. The van der Waals surface area contributed by atoms with Crippen LogP contribution in [0.4, 0.5) is 11.5 Å². The molecule has 1 N–H and O–H groups in total. The number of rotatable bonds is 8. The van der Waals surface area contributed by atoms with Gasteiger partial charge in [-0.25, -0.2) is 9.97 Å². The monoisotopic (exact) mass is 286 g/mol. The number of likely N-dealkylation sites (N-methyl/N-ethyl adjacent to an activating group) is 1. The van der Waals surface area contributed by atoms with Crippen molar-refractivity contribution < 1.29 is 4.74 Å². The van der Waals surface area contributed by atoms with Crippen molar-refractivity contribution in [3.8, 4) is 5.75 Å². The summed E-state index contributed by atoms with van der Waals surface area (Å²) in [6, 6.07) is 9.72. The molecule has 0 saturated carbocycles. The molecule has 112 valence electrons. The average Bonchev–Trinajstić information content (AvgIpc) is 2.54. The molecule has 0 aliphatic rings. The summed E-state index contributed by atoms with van der Waals surface area (Å²) in [5.41, 5.74) is 0.977. The molecule has 0 unspecified atom stereocenters. The lowest BCUT2D eigenvalue weighted by Gasteiger charge is -2.18. The number of nitrogens with zero attached hydrogens (tertiary/aromatic N) is 3. The van der Waals surface area contributed by atoms with E-state index in [1.807, 2.05) is 30.3 Å². The minimum atomic E-state index is 0.709. The molecular formula is C16H22N4O. The molecule has 1 aromatic carbocycles. The van der Waals surface area contributed by atoms with Crippen LogP contribution in [0.3, 0.4) is 0 Å². The summed E-state index contributed by atoms with van der Waals surface area (Å²) < 4.78 is 5.75. The van der Waals surface area contributed by atoms with E-state index in [0.29, 0.717) is 6.61 Å². The number of nitrogens with one attached hydrogen (secondary N) is 1. The number of hydrogen-bond acceptors (Lipinski definition) is 5. The summed E-state index contributed by atoms with van der Waals surface area (Å²) >= 11 is 0. The zero-order chi connectivity index (χ0) is 14.9. The first-order valence-corrected chi connectivity index (χ1v) is 7.30. The Hall–Kier alpha value is -2.14. The molecule has 1 heterocycles. The lowest BCUT2D eigenvalue weighted by molar-refractivity contribution is 0.223. The van der Waals surface area contributed by atoms with Crippen LogP contribution in [0.1, 0.15) is 13.8 Å². The molecule has 0 radical (unpaired) electrons. The Labute approximate surface area is 126 Å².